The normalized spacial score (nSPS) is 11.4. The number of benzene rings is 2. The zero-order chi connectivity index (χ0) is 14.8. The number of nitrogens with one attached hydrogen (secondary N) is 1. The van der Waals surface area contributed by atoms with E-state index in [1.54, 1.807) is 18.2 Å². The van der Waals surface area contributed by atoms with Crippen LogP contribution in [0.3, 0.4) is 0 Å². The van der Waals surface area contributed by atoms with Gasteiger partial charge >= 0.3 is 6.18 Å². The first kappa shape index (κ1) is 14.5. The first-order valence-electron chi connectivity index (χ1n) is 5.81. The van der Waals surface area contributed by atoms with E-state index in [2.05, 4.69) is 5.32 Å². The molecule has 0 fully saturated rings. The third-order valence-corrected chi connectivity index (χ3v) is 3.07. The van der Waals surface area contributed by atoms with E-state index < -0.39 is 11.7 Å². The Kier molecular flexibility index (Phi) is 4.09. The van der Waals surface area contributed by atoms with E-state index in [9.17, 15) is 13.2 Å². The molecule has 0 bridgehead atoms. The highest BCUT2D eigenvalue weighted by atomic mass is 35.5. The van der Waals surface area contributed by atoms with Crippen LogP contribution in [0, 0.1) is 0 Å². The highest BCUT2D eigenvalue weighted by molar-refractivity contribution is 6.33. The summed E-state index contributed by atoms with van der Waals surface area (Å²) in [7, 11) is 0. The van der Waals surface area contributed by atoms with Crippen LogP contribution < -0.4 is 11.1 Å². The van der Waals surface area contributed by atoms with E-state index in [-0.39, 0.29) is 0 Å². The lowest BCUT2D eigenvalue weighted by atomic mass is 10.1. The molecule has 0 amide bonds. The maximum absolute atomic E-state index is 12.4. The van der Waals surface area contributed by atoms with Crippen molar-refractivity contribution in [1.29, 1.82) is 0 Å². The molecule has 0 heterocycles. The zero-order valence-corrected chi connectivity index (χ0v) is 11.1. The molecule has 2 aromatic carbocycles. The summed E-state index contributed by atoms with van der Waals surface area (Å²) in [5.41, 5.74) is 6.87. The topological polar surface area (TPSA) is 38.0 Å². The molecule has 0 atom stereocenters. The summed E-state index contributed by atoms with van der Waals surface area (Å²) in [5.74, 6) is 0. The summed E-state index contributed by atoms with van der Waals surface area (Å²) in [6.45, 7) is 0.377. The van der Waals surface area contributed by atoms with Gasteiger partial charge in [0.25, 0.3) is 0 Å². The van der Waals surface area contributed by atoms with Gasteiger partial charge in [0.1, 0.15) is 0 Å². The summed E-state index contributed by atoms with van der Waals surface area (Å²) in [6.07, 6.45) is -4.31. The second kappa shape index (κ2) is 5.63. The average molecular weight is 301 g/mol. The van der Waals surface area contributed by atoms with Crippen molar-refractivity contribution in [2.45, 2.75) is 12.7 Å². The van der Waals surface area contributed by atoms with Crippen molar-refractivity contribution >= 4 is 23.0 Å². The number of anilines is 2. The van der Waals surface area contributed by atoms with Gasteiger partial charge in [-0.15, -0.1) is 0 Å². The minimum absolute atomic E-state index is 0.377. The van der Waals surface area contributed by atoms with Crippen LogP contribution >= 0.6 is 11.6 Å². The lowest BCUT2D eigenvalue weighted by Crippen LogP contribution is -2.05. The average Bonchev–Trinajstić information content (AvgIpc) is 2.37. The number of nitrogens with two attached hydrogens (primary N) is 1. The van der Waals surface area contributed by atoms with Crippen LogP contribution in [0.4, 0.5) is 24.5 Å². The van der Waals surface area contributed by atoms with Crippen LogP contribution in [0.25, 0.3) is 0 Å². The van der Waals surface area contributed by atoms with Crippen molar-refractivity contribution in [2.75, 3.05) is 11.1 Å². The lowest BCUT2D eigenvalue weighted by molar-refractivity contribution is -0.137. The van der Waals surface area contributed by atoms with E-state index in [0.717, 1.165) is 17.7 Å². The van der Waals surface area contributed by atoms with Gasteiger partial charge in [-0.05, 0) is 35.9 Å². The summed E-state index contributed by atoms with van der Waals surface area (Å²) in [5, 5.41) is 3.52. The standard InChI is InChI=1S/C14H12ClF3N2/c15-12-7-11(19)5-6-13(12)20-8-9-1-3-10(4-2-9)14(16,17)18/h1-7,20H,8,19H2. The Labute approximate surface area is 119 Å². The van der Waals surface area contributed by atoms with Crippen LogP contribution in [0.2, 0.25) is 5.02 Å². The van der Waals surface area contributed by atoms with E-state index in [0.29, 0.717) is 22.9 Å². The molecule has 0 saturated carbocycles. The Morgan fingerprint density at radius 3 is 2.25 bits per heavy atom. The Morgan fingerprint density at radius 2 is 1.70 bits per heavy atom. The van der Waals surface area contributed by atoms with Crippen molar-refractivity contribution in [3.05, 3.63) is 58.6 Å². The minimum atomic E-state index is -4.31. The molecule has 106 valence electrons. The molecule has 0 radical (unpaired) electrons. The number of halogens is 4. The van der Waals surface area contributed by atoms with Crippen molar-refractivity contribution < 1.29 is 13.2 Å². The molecule has 0 saturated heterocycles. The largest absolute Gasteiger partial charge is 0.416 e. The maximum Gasteiger partial charge on any atom is 0.416 e. The summed E-state index contributed by atoms with van der Waals surface area (Å²) in [6, 6.07) is 10.0. The van der Waals surface area contributed by atoms with Gasteiger partial charge in [0, 0.05) is 12.2 Å². The predicted molar refractivity (Wildman–Crippen MR) is 74.6 cm³/mol. The van der Waals surface area contributed by atoms with E-state index >= 15 is 0 Å². The quantitative estimate of drug-likeness (QED) is 0.816. The Balaban J connectivity index is 2.04. The van der Waals surface area contributed by atoms with Crippen molar-refractivity contribution in [1.82, 2.24) is 0 Å². The third-order valence-electron chi connectivity index (χ3n) is 2.76. The SMILES string of the molecule is Nc1ccc(NCc2ccc(C(F)(F)F)cc2)c(Cl)c1. The van der Waals surface area contributed by atoms with E-state index in [1.165, 1.54) is 12.1 Å². The molecule has 0 aliphatic rings. The molecule has 20 heavy (non-hydrogen) atoms. The molecule has 0 aliphatic carbocycles. The fourth-order valence-corrected chi connectivity index (χ4v) is 1.94. The number of alkyl halides is 3. The first-order valence-corrected chi connectivity index (χ1v) is 6.19. The van der Waals surface area contributed by atoms with Crippen molar-refractivity contribution in [3.8, 4) is 0 Å². The van der Waals surface area contributed by atoms with E-state index in [1.807, 2.05) is 0 Å². The highest BCUT2D eigenvalue weighted by Gasteiger charge is 2.29. The zero-order valence-electron chi connectivity index (χ0n) is 10.3. The second-order valence-corrected chi connectivity index (χ2v) is 4.69. The monoisotopic (exact) mass is 300 g/mol. The first-order chi connectivity index (χ1) is 9.36. The molecule has 0 spiro atoms. The van der Waals surface area contributed by atoms with Gasteiger partial charge in [0.15, 0.2) is 0 Å². The molecular formula is C14H12ClF3N2. The molecule has 2 rings (SSSR count). The molecule has 3 N–H and O–H groups in total. The predicted octanol–water partition coefficient (Wildman–Crippen LogP) is 4.55. The number of rotatable bonds is 3. The fraction of sp³-hybridized carbons (Fsp3) is 0.143. The lowest BCUT2D eigenvalue weighted by Gasteiger charge is -2.10. The van der Waals surface area contributed by atoms with Gasteiger partial charge in [-0.25, -0.2) is 0 Å². The van der Waals surface area contributed by atoms with Gasteiger partial charge in [0.05, 0.1) is 16.3 Å². The summed E-state index contributed by atoms with van der Waals surface area (Å²) in [4.78, 5) is 0. The maximum atomic E-state index is 12.4. The van der Waals surface area contributed by atoms with Crippen LogP contribution in [-0.2, 0) is 12.7 Å². The molecule has 0 aliphatic heterocycles. The van der Waals surface area contributed by atoms with E-state index in [4.69, 9.17) is 17.3 Å². The molecule has 6 heteroatoms. The van der Waals surface area contributed by atoms with Crippen molar-refractivity contribution in [3.63, 3.8) is 0 Å². The highest BCUT2D eigenvalue weighted by Crippen LogP contribution is 2.29. The molecule has 0 unspecified atom stereocenters. The Hall–Kier alpha value is -1.88. The van der Waals surface area contributed by atoms with Crippen LogP contribution in [0.5, 0.6) is 0 Å². The van der Waals surface area contributed by atoms with Crippen LogP contribution in [-0.4, -0.2) is 0 Å². The third kappa shape index (κ3) is 3.57. The smallest absolute Gasteiger partial charge is 0.399 e. The van der Waals surface area contributed by atoms with Crippen molar-refractivity contribution in [2.24, 2.45) is 0 Å². The molecule has 2 aromatic rings. The number of hydrogen-bond acceptors (Lipinski definition) is 2. The van der Waals surface area contributed by atoms with Gasteiger partial charge in [-0.3, -0.25) is 0 Å². The molecular weight excluding hydrogens is 289 g/mol. The number of hydrogen-bond donors (Lipinski definition) is 2. The van der Waals surface area contributed by atoms with Gasteiger partial charge < -0.3 is 11.1 Å². The minimum Gasteiger partial charge on any atom is -0.399 e. The summed E-state index contributed by atoms with van der Waals surface area (Å²) >= 11 is 5.99. The van der Waals surface area contributed by atoms with Gasteiger partial charge in [0.2, 0.25) is 0 Å². The Morgan fingerprint density at radius 1 is 1.05 bits per heavy atom. The number of nitrogen functional groups attached to an aromatic ring is 1. The molecule has 0 aromatic heterocycles. The van der Waals surface area contributed by atoms with Crippen LogP contribution in [0.15, 0.2) is 42.5 Å². The van der Waals surface area contributed by atoms with Gasteiger partial charge in [-0.2, -0.15) is 13.2 Å². The Bertz CT molecular complexity index is 594. The fourth-order valence-electron chi connectivity index (χ4n) is 1.68. The summed E-state index contributed by atoms with van der Waals surface area (Å²) < 4.78 is 37.2. The molecule has 2 nitrogen and oxygen atoms in total. The second-order valence-electron chi connectivity index (χ2n) is 4.29. The van der Waals surface area contributed by atoms with Crippen LogP contribution in [0.1, 0.15) is 11.1 Å². The van der Waals surface area contributed by atoms with Gasteiger partial charge in [-0.1, -0.05) is 23.7 Å².